The number of aromatic nitrogens is 4. The van der Waals surface area contributed by atoms with Crippen molar-refractivity contribution in [2.45, 2.75) is 70.0 Å². The highest BCUT2D eigenvalue weighted by Crippen LogP contribution is 2.55. The fraction of sp³-hybridized carbons (Fsp3) is 0.714. The van der Waals surface area contributed by atoms with Crippen molar-refractivity contribution < 1.29 is 4.79 Å². The third-order valence-corrected chi connectivity index (χ3v) is 7.68. The summed E-state index contributed by atoms with van der Waals surface area (Å²) in [5, 5.41) is 3.54. The quantitative estimate of drug-likeness (QED) is 0.863. The second-order valence-corrected chi connectivity index (χ2v) is 9.24. The van der Waals surface area contributed by atoms with Crippen LogP contribution in [0.2, 0.25) is 0 Å². The number of anilines is 1. The number of nitrogens with zero attached hydrogens (tertiary/aromatic N) is 5. The van der Waals surface area contributed by atoms with Gasteiger partial charge in [-0.1, -0.05) is 0 Å². The summed E-state index contributed by atoms with van der Waals surface area (Å²) < 4.78 is 2.06. The molecule has 1 saturated heterocycles. The van der Waals surface area contributed by atoms with Crippen molar-refractivity contribution in [2.75, 3.05) is 11.4 Å². The second kappa shape index (κ2) is 5.91. The third-order valence-electron chi connectivity index (χ3n) is 7.68. The molecular weight excluding hydrogens is 352 g/mol. The van der Waals surface area contributed by atoms with Gasteiger partial charge in [-0.15, -0.1) is 0 Å². The van der Waals surface area contributed by atoms with Crippen molar-refractivity contribution in [3.8, 4) is 0 Å². The number of nitrogens with one attached hydrogen (secondary N) is 1. The van der Waals surface area contributed by atoms with Gasteiger partial charge in [0, 0.05) is 19.0 Å². The van der Waals surface area contributed by atoms with E-state index in [4.69, 9.17) is 0 Å². The smallest absolute Gasteiger partial charge is 0.223 e. The number of fused-ring (bicyclic) bond motifs is 2. The number of carbonyl (C=O) groups is 1. The highest BCUT2D eigenvalue weighted by molar-refractivity contribution is 5.85. The molecule has 7 nitrogen and oxygen atoms in total. The molecular formula is C21H28N6O. The van der Waals surface area contributed by atoms with Crippen LogP contribution in [0.25, 0.3) is 11.2 Å². The van der Waals surface area contributed by atoms with Gasteiger partial charge < -0.3 is 14.8 Å². The van der Waals surface area contributed by atoms with Crippen LogP contribution in [0.15, 0.2) is 12.7 Å². The number of rotatable bonds is 5. The number of aryl methyl sites for hydroxylation is 1. The standard InChI is InChI=1S/C21H28N6O/c1-2-26-12-24-17-18(26)22-11-23-19(17)27-9-8-21(7-3-4-16(21)27)25-20(28)15-10-14(15)13-5-6-13/h11-16H,2-10H2,1H3,(H,25,28)/t14-,15+,16?,21?/m0/s1. The SMILES string of the molecule is CCn1cnc2c(N3CCC4(NC(=O)[C@@H]5C[C@H]5C5CC5)CCCC34)ncnc21. The van der Waals surface area contributed by atoms with E-state index in [0.717, 1.165) is 68.1 Å². The van der Waals surface area contributed by atoms with Crippen LogP contribution in [0.3, 0.4) is 0 Å². The Bertz CT molecular complexity index is 936. The van der Waals surface area contributed by atoms with Gasteiger partial charge in [0.05, 0.1) is 17.9 Å². The van der Waals surface area contributed by atoms with E-state index in [-0.39, 0.29) is 11.5 Å². The summed E-state index contributed by atoms with van der Waals surface area (Å²) in [5.41, 5.74) is 1.70. The summed E-state index contributed by atoms with van der Waals surface area (Å²) in [7, 11) is 0. The van der Waals surface area contributed by atoms with Crippen LogP contribution in [0.5, 0.6) is 0 Å². The molecule has 1 aliphatic heterocycles. The van der Waals surface area contributed by atoms with E-state index in [0.29, 0.717) is 17.9 Å². The minimum absolute atomic E-state index is 0.0850. The van der Waals surface area contributed by atoms with Gasteiger partial charge in [-0.25, -0.2) is 15.0 Å². The number of imidazole rings is 1. The predicted molar refractivity (Wildman–Crippen MR) is 106 cm³/mol. The summed E-state index contributed by atoms with van der Waals surface area (Å²) in [6, 6.07) is 0.319. The molecule has 4 atom stereocenters. The maximum atomic E-state index is 13.0. The average molecular weight is 380 g/mol. The van der Waals surface area contributed by atoms with E-state index in [1.54, 1.807) is 6.33 Å². The van der Waals surface area contributed by atoms with E-state index in [1.165, 1.54) is 12.8 Å². The first-order chi connectivity index (χ1) is 13.7. The van der Waals surface area contributed by atoms with Crippen LogP contribution in [0.1, 0.15) is 51.9 Å². The average Bonchev–Trinajstić information content (AvgIpc) is 3.57. The molecule has 3 heterocycles. The van der Waals surface area contributed by atoms with Gasteiger partial charge in [-0.05, 0) is 63.7 Å². The Morgan fingerprint density at radius 2 is 2.14 bits per heavy atom. The summed E-state index contributed by atoms with van der Waals surface area (Å²) >= 11 is 0. The molecule has 7 heteroatoms. The van der Waals surface area contributed by atoms with Crippen LogP contribution in [-0.4, -0.2) is 43.6 Å². The van der Waals surface area contributed by atoms with Crippen molar-refractivity contribution in [2.24, 2.45) is 17.8 Å². The minimum Gasteiger partial charge on any atom is -0.349 e. The zero-order valence-electron chi connectivity index (χ0n) is 16.5. The molecule has 2 unspecified atom stereocenters. The topological polar surface area (TPSA) is 75.9 Å². The summed E-state index contributed by atoms with van der Waals surface area (Å²) in [6.45, 7) is 3.87. The number of carbonyl (C=O) groups excluding carboxylic acids is 1. The Morgan fingerprint density at radius 3 is 2.96 bits per heavy atom. The van der Waals surface area contributed by atoms with E-state index < -0.39 is 0 Å². The lowest BCUT2D eigenvalue weighted by molar-refractivity contribution is -0.124. The van der Waals surface area contributed by atoms with E-state index in [2.05, 4.69) is 36.7 Å². The maximum absolute atomic E-state index is 13.0. The van der Waals surface area contributed by atoms with Gasteiger partial charge in [0.1, 0.15) is 6.33 Å². The Hall–Kier alpha value is -2.18. The molecule has 0 bridgehead atoms. The Kier molecular flexibility index (Phi) is 3.53. The maximum Gasteiger partial charge on any atom is 0.223 e. The Balaban J connectivity index is 1.27. The van der Waals surface area contributed by atoms with Gasteiger partial charge >= 0.3 is 0 Å². The van der Waals surface area contributed by atoms with Crippen LogP contribution in [0.4, 0.5) is 5.82 Å². The van der Waals surface area contributed by atoms with Crippen molar-refractivity contribution in [1.82, 2.24) is 24.8 Å². The van der Waals surface area contributed by atoms with Crippen LogP contribution in [0, 0.1) is 17.8 Å². The largest absolute Gasteiger partial charge is 0.349 e. The van der Waals surface area contributed by atoms with Crippen molar-refractivity contribution in [3.63, 3.8) is 0 Å². The van der Waals surface area contributed by atoms with Gasteiger partial charge in [-0.3, -0.25) is 4.79 Å². The molecule has 3 aliphatic carbocycles. The highest BCUT2D eigenvalue weighted by atomic mass is 16.2. The molecule has 28 heavy (non-hydrogen) atoms. The molecule has 2 aromatic rings. The molecule has 3 saturated carbocycles. The van der Waals surface area contributed by atoms with Gasteiger partial charge in [-0.2, -0.15) is 0 Å². The van der Waals surface area contributed by atoms with Crippen molar-refractivity contribution in [1.29, 1.82) is 0 Å². The van der Waals surface area contributed by atoms with Gasteiger partial charge in [0.25, 0.3) is 0 Å². The first-order valence-corrected chi connectivity index (χ1v) is 10.9. The zero-order chi connectivity index (χ0) is 18.9. The van der Waals surface area contributed by atoms with Crippen LogP contribution in [-0.2, 0) is 11.3 Å². The molecule has 4 fully saturated rings. The second-order valence-electron chi connectivity index (χ2n) is 9.24. The molecule has 4 aliphatic rings. The highest BCUT2D eigenvalue weighted by Gasteiger charge is 2.56. The Labute approximate surface area is 164 Å². The van der Waals surface area contributed by atoms with Crippen LogP contribution < -0.4 is 10.2 Å². The van der Waals surface area contributed by atoms with E-state index >= 15 is 0 Å². The summed E-state index contributed by atoms with van der Waals surface area (Å²) in [6.07, 6.45) is 11.7. The van der Waals surface area contributed by atoms with Crippen molar-refractivity contribution >= 4 is 22.9 Å². The number of hydrogen-bond donors (Lipinski definition) is 1. The number of amides is 1. The number of hydrogen-bond acceptors (Lipinski definition) is 5. The monoisotopic (exact) mass is 380 g/mol. The normalized spacial score (nSPS) is 34.0. The lowest BCUT2D eigenvalue weighted by Gasteiger charge is -2.34. The third kappa shape index (κ3) is 2.40. The molecule has 1 amide bonds. The molecule has 148 valence electrons. The minimum atomic E-state index is -0.0850. The fourth-order valence-corrected chi connectivity index (χ4v) is 5.95. The Morgan fingerprint density at radius 1 is 1.25 bits per heavy atom. The first kappa shape index (κ1) is 16.7. The van der Waals surface area contributed by atoms with E-state index in [9.17, 15) is 4.79 Å². The molecule has 6 rings (SSSR count). The zero-order valence-corrected chi connectivity index (χ0v) is 16.5. The fourth-order valence-electron chi connectivity index (χ4n) is 5.95. The summed E-state index contributed by atoms with van der Waals surface area (Å²) in [4.78, 5) is 29.1. The molecule has 0 spiro atoms. The van der Waals surface area contributed by atoms with E-state index in [1.807, 2.05) is 6.33 Å². The summed E-state index contributed by atoms with van der Waals surface area (Å²) in [5.74, 6) is 3.04. The molecule has 0 radical (unpaired) electrons. The lowest BCUT2D eigenvalue weighted by atomic mass is 9.92. The predicted octanol–water partition coefficient (Wildman–Crippen LogP) is 2.51. The van der Waals surface area contributed by atoms with Crippen LogP contribution >= 0.6 is 0 Å². The molecule has 0 aromatic carbocycles. The van der Waals surface area contributed by atoms with Crippen molar-refractivity contribution in [3.05, 3.63) is 12.7 Å². The first-order valence-electron chi connectivity index (χ1n) is 10.9. The molecule has 1 N–H and O–H groups in total. The van der Waals surface area contributed by atoms with Gasteiger partial charge in [0.2, 0.25) is 5.91 Å². The lowest BCUT2D eigenvalue weighted by Crippen LogP contribution is -2.54. The van der Waals surface area contributed by atoms with Gasteiger partial charge in [0.15, 0.2) is 17.0 Å². The molecule has 2 aromatic heterocycles.